The highest BCUT2D eigenvalue weighted by Crippen LogP contribution is 2.36. The smallest absolute Gasteiger partial charge is 0.324 e. The fraction of sp³-hybridized carbons (Fsp3) is 0.333. The predicted molar refractivity (Wildman–Crippen MR) is 142 cm³/mol. The van der Waals surface area contributed by atoms with Crippen LogP contribution in [0.2, 0.25) is 0 Å². The summed E-state index contributed by atoms with van der Waals surface area (Å²) in [5, 5.41) is 0.857. The number of nitrogens with two attached hydrogens (primary N) is 1. The number of carbonyl (C=O) groups is 1. The number of primary amides is 1. The summed E-state index contributed by atoms with van der Waals surface area (Å²) in [5.74, 6) is 1.80. The molecule has 2 aromatic heterocycles. The molecule has 0 unspecified atom stereocenters. The lowest BCUT2D eigenvalue weighted by molar-refractivity contribution is 0.145. The van der Waals surface area contributed by atoms with E-state index in [0.717, 1.165) is 66.9 Å². The number of fused-ring (bicyclic) bond motifs is 1. The molecule has 0 bridgehead atoms. The molecular weight excluding hydrogens is 470 g/mol. The Labute approximate surface area is 215 Å². The van der Waals surface area contributed by atoms with Crippen molar-refractivity contribution in [1.82, 2.24) is 29.3 Å². The summed E-state index contributed by atoms with van der Waals surface area (Å²) in [6.07, 6.45) is 5.58. The summed E-state index contributed by atoms with van der Waals surface area (Å²) in [7, 11) is 3.80. The van der Waals surface area contributed by atoms with Crippen LogP contribution in [0.1, 0.15) is 6.42 Å². The van der Waals surface area contributed by atoms with Crippen molar-refractivity contribution < 1.29 is 14.3 Å². The van der Waals surface area contributed by atoms with Crippen molar-refractivity contribution in [2.45, 2.75) is 6.42 Å². The van der Waals surface area contributed by atoms with Gasteiger partial charge in [-0.1, -0.05) is 24.3 Å². The number of benzene rings is 2. The monoisotopic (exact) mass is 501 g/mol. The molecule has 0 saturated carbocycles. The molecule has 0 spiro atoms. The molecule has 0 radical (unpaired) electrons. The van der Waals surface area contributed by atoms with Gasteiger partial charge in [-0.15, -0.1) is 0 Å². The minimum absolute atomic E-state index is 0.489. The summed E-state index contributed by atoms with van der Waals surface area (Å²) >= 11 is 0. The van der Waals surface area contributed by atoms with Crippen LogP contribution in [0.4, 0.5) is 4.79 Å². The molecule has 1 fully saturated rings. The highest BCUT2D eigenvalue weighted by atomic mass is 16.5. The molecule has 1 saturated heterocycles. The van der Waals surface area contributed by atoms with Gasteiger partial charge in [0.2, 0.25) is 0 Å². The van der Waals surface area contributed by atoms with Crippen molar-refractivity contribution in [3.05, 3.63) is 55.1 Å². The van der Waals surface area contributed by atoms with Gasteiger partial charge in [0.1, 0.15) is 12.2 Å². The first-order valence-electron chi connectivity index (χ1n) is 12.3. The van der Waals surface area contributed by atoms with E-state index in [1.165, 1.54) is 4.57 Å². The first-order chi connectivity index (χ1) is 18.0. The van der Waals surface area contributed by atoms with Gasteiger partial charge in [0, 0.05) is 67.7 Å². The summed E-state index contributed by atoms with van der Waals surface area (Å²) < 4.78 is 13.1. The Bertz CT molecular complexity index is 1380. The van der Waals surface area contributed by atoms with Gasteiger partial charge >= 0.3 is 6.03 Å². The summed E-state index contributed by atoms with van der Waals surface area (Å²) in [6.45, 7) is 6.06. The number of carbonyl (C=O) groups excluding carboxylic acids is 1. The second-order valence-electron chi connectivity index (χ2n) is 9.13. The number of imidazole rings is 1. The first-order valence-corrected chi connectivity index (χ1v) is 12.3. The van der Waals surface area contributed by atoms with E-state index in [-0.39, 0.29) is 0 Å². The number of hydrogen-bond donors (Lipinski definition) is 1. The molecular formula is C27H31N7O3. The SMILES string of the molecule is COc1cc2c(-c3ccc(-c4nccn4C(N)=O)cc3)ncnc2cc1OCCCN1CCN(C)CC1. The van der Waals surface area contributed by atoms with Gasteiger partial charge in [-0.3, -0.25) is 4.57 Å². The third-order valence-electron chi connectivity index (χ3n) is 6.69. The number of likely N-dealkylation sites (N-methyl/N-ethyl adjacent to an activating group) is 1. The first kappa shape index (κ1) is 24.7. The topological polar surface area (TPSA) is 112 Å². The minimum Gasteiger partial charge on any atom is -0.493 e. The van der Waals surface area contributed by atoms with Crippen LogP contribution in [0.25, 0.3) is 33.5 Å². The van der Waals surface area contributed by atoms with Gasteiger partial charge in [-0.05, 0) is 19.5 Å². The van der Waals surface area contributed by atoms with Crippen molar-refractivity contribution >= 4 is 16.9 Å². The maximum Gasteiger partial charge on any atom is 0.324 e. The Hall–Kier alpha value is -4.02. The Kier molecular flexibility index (Phi) is 7.29. The zero-order valence-electron chi connectivity index (χ0n) is 21.1. The molecule has 2 aromatic carbocycles. The van der Waals surface area contributed by atoms with E-state index in [1.54, 1.807) is 25.8 Å². The van der Waals surface area contributed by atoms with E-state index in [0.29, 0.717) is 23.9 Å². The highest BCUT2D eigenvalue weighted by molar-refractivity contribution is 5.94. The molecule has 0 atom stereocenters. The fourth-order valence-corrected chi connectivity index (χ4v) is 4.58. The highest BCUT2D eigenvalue weighted by Gasteiger charge is 2.16. The number of ether oxygens (including phenoxy) is 2. The van der Waals surface area contributed by atoms with Crippen LogP contribution in [0.5, 0.6) is 11.5 Å². The zero-order chi connectivity index (χ0) is 25.8. The second kappa shape index (κ2) is 10.9. The fourth-order valence-electron chi connectivity index (χ4n) is 4.58. The van der Waals surface area contributed by atoms with Gasteiger partial charge in [-0.25, -0.2) is 19.7 Å². The van der Waals surface area contributed by atoms with E-state index < -0.39 is 6.03 Å². The van der Waals surface area contributed by atoms with E-state index in [9.17, 15) is 4.79 Å². The molecule has 0 aliphatic carbocycles. The molecule has 3 heterocycles. The average Bonchev–Trinajstić information content (AvgIpc) is 3.42. The zero-order valence-corrected chi connectivity index (χ0v) is 21.1. The number of amides is 1. The van der Waals surface area contributed by atoms with E-state index in [4.69, 9.17) is 15.2 Å². The quantitative estimate of drug-likeness (QED) is 0.367. The van der Waals surface area contributed by atoms with Gasteiger partial charge in [-0.2, -0.15) is 0 Å². The molecule has 192 valence electrons. The standard InChI is InChI=1S/C27H31N7O3/c1-32-11-13-33(14-12-32)9-3-15-37-24-17-22-21(16-23(24)36-2)25(31-18-30-22)19-4-6-20(7-5-19)26-29-8-10-34(26)27(28)35/h4-8,10,16-18H,3,9,11-15H2,1-2H3,(H2,28,35). The third kappa shape index (κ3) is 5.40. The third-order valence-corrected chi connectivity index (χ3v) is 6.69. The Balaban J connectivity index is 1.33. The maximum atomic E-state index is 11.6. The van der Waals surface area contributed by atoms with Crippen LogP contribution < -0.4 is 15.2 Å². The maximum absolute atomic E-state index is 11.6. The summed E-state index contributed by atoms with van der Waals surface area (Å²) in [5.41, 5.74) is 8.65. The van der Waals surface area contributed by atoms with Crippen molar-refractivity contribution in [1.29, 1.82) is 0 Å². The van der Waals surface area contributed by atoms with E-state index >= 15 is 0 Å². The number of rotatable bonds is 8. The minimum atomic E-state index is -0.581. The van der Waals surface area contributed by atoms with Crippen LogP contribution in [0, 0.1) is 0 Å². The second-order valence-corrected chi connectivity index (χ2v) is 9.13. The van der Waals surface area contributed by atoms with Crippen LogP contribution >= 0.6 is 0 Å². The predicted octanol–water partition coefficient (Wildman–Crippen LogP) is 3.11. The Morgan fingerprint density at radius 3 is 2.49 bits per heavy atom. The molecule has 1 aliphatic rings. The largest absolute Gasteiger partial charge is 0.493 e. The van der Waals surface area contributed by atoms with Crippen LogP contribution in [0.3, 0.4) is 0 Å². The molecule has 10 heteroatoms. The molecule has 10 nitrogen and oxygen atoms in total. The number of methoxy groups -OCH3 is 1. The van der Waals surface area contributed by atoms with Crippen LogP contribution in [-0.2, 0) is 0 Å². The Morgan fingerprint density at radius 1 is 1.00 bits per heavy atom. The molecule has 1 amide bonds. The van der Waals surface area contributed by atoms with Crippen LogP contribution in [0.15, 0.2) is 55.1 Å². The number of piperazine rings is 1. The Morgan fingerprint density at radius 2 is 1.76 bits per heavy atom. The molecule has 1 aliphatic heterocycles. The van der Waals surface area contributed by atoms with Crippen molar-refractivity contribution in [3.63, 3.8) is 0 Å². The summed E-state index contributed by atoms with van der Waals surface area (Å²) in [6, 6.07) is 10.9. The van der Waals surface area contributed by atoms with Gasteiger partial charge < -0.3 is 25.0 Å². The number of aromatic nitrogens is 4. The van der Waals surface area contributed by atoms with E-state index in [1.807, 2.05) is 36.4 Å². The van der Waals surface area contributed by atoms with Crippen molar-refractivity contribution in [3.8, 4) is 34.1 Å². The molecule has 37 heavy (non-hydrogen) atoms. The van der Waals surface area contributed by atoms with E-state index in [2.05, 4.69) is 31.8 Å². The van der Waals surface area contributed by atoms with Gasteiger partial charge in [0.15, 0.2) is 11.5 Å². The number of hydrogen-bond acceptors (Lipinski definition) is 8. The lowest BCUT2D eigenvalue weighted by Gasteiger charge is -2.32. The molecule has 4 aromatic rings. The van der Waals surface area contributed by atoms with Gasteiger partial charge in [0.25, 0.3) is 0 Å². The lowest BCUT2D eigenvalue weighted by Crippen LogP contribution is -2.44. The van der Waals surface area contributed by atoms with Crippen LogP contribution in [-0.4, -0.2) is 88.8 Å². The lowest BCUT2D eigenvalue weighted by atomic mass is 10.0. The summed E-state index contributed by atoms with van der Waals surface area (Å²) in [4.78, 5) is 29.8. The van der Waals surface area contributed by atoms with Crippen molar-refractivity contribution in [2.24, 2.45) is 5.73 Å². The molecule has 2 N–H and O–H groups in total. The molecule has 5 rings (SSSR count). The number of nitrogens with zero attached hydrogens (tertiary/aromatic N) is 6. The average molecular weight is 502 g/mol. The normalized spacial score (nSPS) is 14.6. The van der Waals surface area contributed by atoms with Gasteiger partial charge in [0.05, 0.1) is 24.9 Å². The van der Waals surface area contributed by atoms with Crippen molar-refractivity contribution in [2.75, 3.05) is 53.5 Å².